The van der Waals surface area contributed by atoms with Crippen LogP contribution in [0.2, 0.25) is 0 Å². The lowest BCUT2D eigenvalue weighted by Crippen LogP contribution is -1.95. The van der Waals surface area contributed by atoms with Crippen molar-refractivity contribution in [3.63, 3.8) is 0 Å². The zero-order valence-corrected chi connectivity index (χ0v) is 12.2. The SMILES string of the molecule is CC(C)Cc1ccc2c(-c3ccc(F)cc3)ncnc2c1. The summed E-state index contributed by atoms with van der Waals surface area (Å²) in [5.41, 5.74) is 3.96. The van der Waals surface area contributed by atoms with Crippen LogP contribution in [-0.2, 0) is 6.42 Å². The van der Waals surface area contributed by atoms with Crippen molar-refractivity contribution in [2.75, 3.05) is 0 Å². The smallest absolute Gasteiger partial charge is 0.123 e. The third-order valence-corrected chi connectivity index (χ3v) is 3.46. The Morgan fingerprint density at radius 3 is 2.48 bits per heavy atom. The van der Waals surface area contributed by atoms with Gasteiger partial charge in [-0.2, -0.15) is 0 Å². The first-order chi connectivity index (χ1) is 10.1. The fourth-order valence-corrected chi connectivity index (χ4v) is 2.54. The molecule has 1 heterocycles. The number of benzene rings is 2. The molecule has 0 saturated heterocycles. The molecular formula is C18H17FN2. The number of halogens is 1. The van der Waals surface area contributed by atoms with E-state index in [0.717, 1.165) is 28.6 Å². The van der Waals surface area contributed by atoms with Gasteiger partial charge in [-0.25, -0.2) is 14.4 Å². The highest BCUT2D eigenvalue weighted by molar-refractivity contribution is 5.92. The highest BCUT2D eigenvalue weighted by Gasteiger charge is 2.08. The highest BCUT2D eigenvalue weighted by atomic mass is 19.1. The summed E-state index contributed by atoms with van der Waals surface area (Å²) >= 11 is 0. The topological polar surface area (TPSA) is 25.8 Å². The fraction of sp³-hybridized carbons (Fsp3) is 0.222. The van der Waals surface area contributed by atoms with Crippen LogP contribution in [-0.4, -0.2) is 9.97 Å². The van der Waals surface area contributed by atoms with Crippen LogP contribution in [0.5, 0.6) is 0 Å². The summed E-state index contributed by atoms with van der Waals surface area (Å²) < 4.78 is 13.1. The minimum Gasteiger partial charge on any atom is -0.236 e. The monoisotopic (exact) mass is 280 g/mol. The van der Waals surface area contributed by atoms with Gasteiger partial charge in [-0.3, -0.25) is 0 Å². The third kappa shape index (κ3) is 2.92. The maximum Gasteiger partial charge on any atom is 0.123 e. The predicted octanol–water partition coefficient (Wildman–Crippen LogP) is 4.63. The van der Waals surface area contributed by atoms with Gasteiger partial charge in [-0.05, 0) is 48.2 Å². The highest BCUT2D eigenvalue weighted by Crippen LogP contribution is 2.26. The van der Waals surface area contributed by atoms with Crippen molar-refractivity contribution in [1.29, 1.82) is 0 Å². The molecule has 0 bridgehead atoms. The summed E-state index contributed by atoms with van der Waals surface area (Å²) in [4.78, 5) is 8.73. The molecule has 0 aliphatic rings. The Morgan fingerprint density at radius 2 is 1.76 bits per heavy atom. The van der Waals surface area contributed by atoms with Crippen LogP contribution in [0, 0.1) is 11.7 Å². The van der Waals surface area contributed by atoms with E-state index in [0.29, 0.717) is 5.92 Å². The van der Waals surface area contributed by atoms with E-state index in [2.05, 4.69) is 42.0 Å². The Balaban J connectivity index is 2.10. The Labute approximate surface area is 123 Å². The van der Waals surface area contributed by atoms with Gasteiger partial charge in [0.05, 0.1) is 11.2 Å². The maximum absolute atomic E-state index is 13.1. The molecule has 2 aromatic carbocycles. The van der Waals surface area contributed by atoms with Gasteiger partial charge in [-0.15, -0.1) is 0 Å². The van der Waals surface area contributed by atoms with Gasteiger partial charge in [0.2, 0.25) is 0 Å². The number of hydrogen-bond donors (Lipinski definition) is 0. The lowest BCUT2D eigenvalue weighted by Gasteiger charge is -2.08. The first-order valence-electron chi connectivity index (χ1n) is 7.13. The molecule has 3 aromatic rings. The van der Waals surface area contributed by atoms with E-state index in [9.17, 15) is 4.39 Å². The zero-order chi connectivity index (χ0) is 14.8. The van der Waals surface area contributed by atoms with E-state index in [1.807, 2.05) is 0 Å². The van der Waals surface area contributed by atoms with Crippen molar-refractivity contribution in [1.82, 2.24) is 9.97 Å². The van der Waals surface area contributed by atoms with Crippen molar-refractivity contribution in [2.45, 2.75) is 20.3 Å². The molecular weight excluding hydrogens is 263 g/mol. The zero-order valence-electron chi connectivity index (χ0n) is 12.2. The Kier molecular flexibility index (Phi) is 3.65. The van der Waals surface area contributed by atoms with Gasteiger partial charge in [0, 0.05) is 10.9 Å². The Morgan fingerprint density at radius 1 is 1.00 bits per heavy atom. The summed E-state index contributed by atoms with van der Waals surface area (Å²) in [5.74, 6) is 0.372. The van der Waals surface area contributed by atoms with E-state index < -0.39 is 0 Å². The van der Waals surface area contributed by atoms with Crippen molar-refractivity contribution < 1.29 is 4.39 Å². The van der Waals surface area contributed by atoms with Gasteiger partial charge in [0.25, 0.3) is 0 Å². The molecule has 0 radical (unpaired) electrons. The maximum atomic E-state index is 13.1. The molecule has 0 N–H and O–H groups in total. The van der Waals surface area contributed by atoms with Gasteiger partial charge < -0.3 is 0 Å². The molecule has 0 amide bonds. The quantitative estimate of drug-likeness (QED) is 0.698. The van der Waals surface area contributed by atoms with Crippen molar-refractivity contribution in [2.24, 2.45) is 5.92 Å². The van der Waals surface area contributed by atoms with Gasteiger partial charge in [0.15, 0.2) is 0 Å². The normalized spacial score (nSPS) is 11.2. The number of nitrogens with zero attached hydrogens (tertiary/aromatic N) is 2. The molecule has 0 fully saturated rings. The minimum atomic E-state index is -0.240. The van der Waals surface area contributed by atoms with Crippen LogP contribution < -0.4 is 0 Å². The fourth-order valence-electron chi connectivity index (χ4n) is 2.54. The Hall–Kier alpha value is -2.29. The van der Waals surface area contributed by atoms with Crippen LogP contribution in [0.3, 0.4) is 0 Å². The molecule has 21 heavy (non-hydrogen) atoms. The number of hydrogen-bond acceptors (Lipinski definition) is 2. The summed E-state index contributed by atoms with van der Waals surface area (Å²) in [6.07, 6.45) is 2.60. The van der Waals surface area contributed by atoms with E-state index in [-0.39, 0.29) is 5.82 Å². The van der Waals surface area contributed by atoms with Gasteiger partial charge >= 0.3 is 0 Å². The van der Waals surface area contributed by atoms with Crippen LogP contribution in [0.15, 0.2) is 48.8 Å². The summed E-state index contributed by atoms with van der Waals surface area (Å²) in [6, 6.07) is 12.7. The Bertz CT molecular complexity index is 764. The molecule has 1 aromatic heterocycles. The summed E-state index contributed by atoms with van der Waals surface area (Å²) in [5, 5.41) is 0.997. The molecule has 0 atom stereocenters. The van der Waals surface area contributed by atoms with Crippen molar-refractivity contribution in [3.8, 4) is 11.3 Å². The van der Waals surface area contributed by atoms with Gasteiger partial charge in [0.1, 0.15) is 12.1 Å². The molecule has 0 spiro atoms. The molecule has 0 aliphatic carbocycles. The van der Waals surface area contributed by atoms with Crippen LogP contribution >= 0.6 is 0 Å². The van der Waals surface area contributed by atoms with Crippen molar-refractivity contribution >= 4 is 10.9 Å². The summed E-state index contributed by atoms with van der Waals surface area (Å²) in [6.45, 7) is 4.40. The second-order valence-electron chi connectivity index (χ2n) is 5.68. The first kappa shape index (κ1) is 13.7. The van der Waals surface area contributed by atoms with Crippen LogP contribution in [0.4, 0.5) is 4.39 Å². The number of fused-ring (bicyclic) bond motifs is 1. The third-order valence-electron chi connectivity index (χ3n) is 3.46. The standard InChI is InChI=1S/C18H17FN2/c1-12(2)9-13-3-8-16-17(10-13)20-11-21-18(16)14-4-6-15(19)7-5-14/h3-8,10-12H,9H2,1-2H3. The van der Waals surface area contributed by atoms with Crippen LogP contribution in [0.1, 0.15) is 19.4 Å². The predicted molar refractivity (Wildman–Crippen MR) is 83.5 cm³/mol. The number of aromatic nitrogens is 2. The lowest BCUT2D eigenvalue weighted by molar-refractivity contribution is 0.628. The molecule has 106 valence electrons. The number of rotatable bonds is 3. The van der Waals surface area contributed by atoms with Gasteiger partial charge in [-0.1, -0.05) is 26.0 Å². The summed E-state index contributed by atoms with van der Waals surface area (Å²) in [7, 11) is 0. The molecule has 3 rings (SSSR count). The molecule has 0 saturated carbocycles. The second-order valence-corrected chi connectivity index (χ2v) is 5.68. The van der Waals surface area contributed by atoms with E-state index in [1.54, 1.807) is 18.5 Å². The van der Waals surface area contributed by atoms with E-state index in [4.69, 9.17) is 0 Å². The van der Waals surface area contributed by atoms with E-state index >= 15 is 0 Å². The molecule has 2 nitrogen and oxygen atoms in total. The average molecular weight is 280 g/mol. The second kappa shape index (κ2) is 5.60. The van der Waals surface area contributed by atoms with Crippen molar-refractivity contribution in [3.05, 3.63) is 60.2 Å². The van der Waals surface area contributed by atoms with Crippen LogP contribution in [0.25, 0.3) is 22.2 Å². The lowest BCUT2D eigenvalue weighted by atomic mass is 10.00. The first-order valence-corrected chi connectivity index (χ1v) is 7.13. The molecule has 3 heteroatoms. The molecule has 0 aliphatic heterocycles. The largest absolute Gasteiger partial charge is 0.236 e. The van der Waals surface area contributed by atoms with E-state index in [1.165, 1.54) is 17.7 Å². The minimum absolute atomic E-state index is 0.240. The average Bonchev–Trinajstić information content (AvgIpc) is 2.46. The molecule has 0 unspecified atom stereocenters.